The van der Waals surface area contributed by atoms with Gasteiger partial charge < -0.3 is 11.5 Å². The minimum absolute atomic E-state index is 0.0403. The highest BCUT2D eigenvalue weighted by molar-refractivity contribution is 5.47. The van der Waals surface area contributed by atoms with Crippen LogP contribution in [0.5, 0.6) is 0 Å². The van der Waals surface area contributed by atoms with E-state index in [0.717, 1.165) is 11.4 Å². The van der Waals surface area contributed by atoms with Crippen molar-refractivity contribution in [2.45, 2.75) is 39.5 Å². The second-order valence-corrected chi connectivity index (χ2v) is 5.58. The maximum Gasteiger partial charge on any atom is 0.0314 e. The molecular weight excluding hydrogens is 244 g/mol. The van der Waals surface area contributed by atoms with Gasteiger partial charge in [0.1, 0.15) is 0 Å². The molecule has 4 N–H and O–H groups in total. The first-order valence-corrected chi connectivity index (χ1v) is 7.13. The van der Waals surface area contributed by atoms with Crippen molar-refractivity contribution in [1.82, 2.24) is 0 Å². The van der Waals surface area contributed by atoms with E-state index in [9.17, 15) is 0 Å². The molecule has 0 aliphatic carbocycles. The highest BCUT2D eigenvalue weighted by Gasteiger charge is 2.22. The van der Waals surface area contributed by atoms with Gasteiger partial charge in [0, 0.05) is 16.8 Å². The highest BCUT2D eigenvalue weighted by atomic mass is 14.5. The Kier molecular flexibility index (Phi) is 5.63. The molecule has 0 heterocycles. The molecule has 2 aromatic carbocycles. The summed E-state index contributed by atoms with van der Waals surface area (Å²) >= 11 is 0. The van der Waals surface area contributed by atoms with Gasteiger partial charge in [-0.25, -0.2) is 0 Å². The molecule has 0 saturated carbocycles. The lowest BCUT2D eigenvalue weighted by atomic mass is 9.78. The molecule has 108 valence electrons. The molecule has 0 radical (unpaired) electrons. The lowest BCUT2D eigenvalue weighted by Crippen LogP contribution is -2.18. The van der Waals surface area contributed by atoms with Gasteiger partial charge >= 0.3 is 0 Å². The largest absolute Gasteiger partial charge is 0.399 e. The molecule has 0 fully saturated rings. The van der Waals surface area contributed by atoms with E-state index >= 15 is 0 Å². The molecular formula is C18H26N2. The zero-order valence-corrected chi connectivity index (χ0v) is 13.0. The van der Waals surface area contributed by atoms with Gasteiger partial charge in [-0.15, -0.1) is 0 Å². The quantitative estimate of drug-likeness (QED) is 0.784. The zero-order chi connectivity index (χ0) is 15.2. The maximum absolute atomic E-state index is 5.71. The fourth-order valence-electron chi connectivity index (χ4n) is 1.97. The maximum atomic E-state index is 5.71. The summed E-state index contributed by atoms with van der Waals surface area (Å²) in [4.78, 5) is 0. The first kappa shape index (κ1) is 16.1. The number of rotatable bonds is 2. The Morgan fingerprint density at radius 3 is 1.20 bits per heavy atom. The molecule has 0 spiro atoms. The Hall–Kier alpha value is -1.96. The van der Waals surface area contributed by atoms with Crippen LogP contribution in [0, 0.1) is 0 Å². The lowest BCUT2D eigenvalue weighted by Gasteiger charge is -2.26. The van der Waals surface area contributed by atoms with Crippen molar-refractivity contribution in [2.24, 2.45) is 0 Å². The number of nitrogen functional groups attached to an aromatic ring is 2. The first-order chi connectivity index (χ1) is 9.41. The Labute approximate surface area is 122 Å². The molecule has 0 aliphatic rings. The predicted octanol–water partition coefficient (Wildman–Crippen LogP) is 4.59. The summed E-state index contributed by atoms with van der Waals surface area (Å²) in [5.41, 5.74) is 15.5. The van der Waals surface area contributed by atoms with Crippen LogP contribution in [-0.2, 0) is 5.41 Å². The van der Waals surface area contributed by atoms with Crippen LogP contribution in [0.25, 0.3) is 0 Å². The Balaban J connectivity index is 0.000000612. The van der Waals surface area contributed by atoms with Gasteiger partial charge in [-0.05, 0) is 35.4 Å². The van der Waals surface area contributed by atoms with E-state index in [-0.39, 0.29) is 5.41 Å². The topological polar surface area (TPSA) is 52.0 Å². The van der Waals surface area contributed by atoms with Gasteiger partial charge in [-0.1, -0.05) is 58.4 Å². The molecule has 0 aliphatic heterocycles. The average molecular weight is 270 g/mol. The van der Waals surface area contributed by atoms with Crippen LogP contribution < -0.4 is 11.5 Å². The van der Waals surface area contributed by atoms with Gasteiger partial charge in [-0.3, -0.25) is 0 Å². The molecule has 2 heteroatoms. The van der Waals surface area contributed by atoms with E-state index < -0.39 is 0 Å². The van der Waals surface area contributed by atoms with Gasteiger partial charge in [0.15, 0.2) is 0 Å². The van der Waals surface area contributed by atoms with Crippen molar-refractivity contribution in [3.8, 4) is 0 Å². The fourth-order valence-corrected chi connectivity index (χ4v) is 1.97. The van der Waals surface area contributed by atoms with E-state index in [0.29, 0.717) is 0 Å². The Morgan fingerprint density at radius 1 is 0.700 bits per heavy atom. The van der Waals surface area contributed by atoms with Crippen molar-refractivity contribution in [3.63, 3.8) is 0 Å². The molecule has 0 saturated heterocycles. The molecule has 0 atom stereocenters. The van der Waals surface area contributed by atoms with E-state index in [1.165, 1.54) is 17.5 Å². The lowest BCUT2D eigenvalue weighted by molar-refractivity contribution is 0.641. The summed E-state index contributed by atoms with van der Waals surface area (Å²) in [7, 11) is 0. The molecule has 0 bridgehead atoms. The number of hydrogen-bond donors (Lipinski definition) is 2. The second kappa shape index (κ2) is 6.99. The number of anilines is 2. The smallest absolute Gasteiger partial charge is 0.0314 e. The van der Waals surface area contributed by atoms with Crippen LogP contribution in [0.15, 0.2) is 48.5 Å². The monoisotopic (exact) mass is 270 g/mol. The molecule has 0 amide bonds. The minimum Gasteiger partial charge on any atom is -0.399 e. The molecule has 2 rings (SSSR count). The van der Waals surface area contributed by atoms with E-state index in [1.807, 2.05) is 24.3 Å². The standard InChI is InChI=1S/C15H18N2.C3H8/c1-15(2,11-3-7-13(16)8-4-11)12-5-9-14(17)10-6-12;1-3-2/h3-10H,16-17H2,1-2H3;3H2,1-2H3. The molecule has 0 aromatic heterocycles. The van der Waals surface area contributed by atoms with Crippen LogP contribution >= 0.6 is 0 Å². The van der Waals surface area contributed by atoms with Gasteiger partial charge in [0.25, 0.3) is 0 Å². The predicted molar refractivity (Wildman–Crippen MR) is 89.8 cm³/mol. The third kappa shape index (κ3) is 4.02. The Bertz CT molecular complexity index is 463. The summed E-state index contributed by atoms with van der Waals surface area (Å²) in [5.74, 6) is 0. The summed E-state index contributed by atoms with van der Waals surface area (Å²) in [6.07, 6.45) is 1.25. The van der Waals surface area contributed by atoms with Crippen LogP contribution in [0.4, 0.5) is 11.4 Å². The van der Waals surface area contributed by atoms with Gasteiger partial charge in [0.2, 0.25) is 0 Å². The van der Waals surface area contributed by atoms with Crippen molar-refractivity contribution < 1.29 is 0 Å². The second-order valence-electron chi connectivity index (χ2n) is 5.58. The van der Waals surface area contributed by atoms with Gasteiger partial charge in [-0.2, -0.15) is 0 Å². The normalized spacial score (nSPS) is 10.6. The Morgan fingerprint density at radius 2 is 0.950 bits per heavy atom. The van der Waals surface area contributed by atoms with Crippen molar-refractivity contribution >= 4 is 11.4 Å². The third-order valence-electron chi connectivity index (χ3n) is 3.26. The number of hydrogen-bond acceptors (Lipinski definition) is 2. The van der Waals surface area contributed by atoms with Crippen molar-refractivity contribution in [1.29, 1.82) is 0 Å². The molecule has 20 heavy (non-hydrogen) atoms. The summed E-state index contributed by atoms with van der Waals surface area (Å²) in [6.45, 7) is 8.65. The summed E-state index contributed by atoms with van der Waals surface area (Å²) < 4.78 is 0. The molecule has 2 nitrogen and oxygen atoms in total. The van der Waals surface area contributed by atoms with Crippen LogP contribution in [-0.4, -0.2) is 0 Å². The SMILES string of the molecule is CC(C)(c1ccc(N)cc1)c1ccc(N)cc1.CCC. The molecule has 0 unspecified atom stereocenters. The minimum atomic E-state index is -0.0403. The van der Waals surface area contributed by atoms with Crippen LogP contribution in [0.3, 0.4) is 0 Å². The summed E-state index contributed by atoms with van der Waals surface area (Å²) in [6, 6.07) is 16.1. The van der Waals surface area contributed by atoms with Crippen LogP contribution in [0.2, 0.25) is 0 Å². The highest BCUT2D eigenvalue weighted by Crippen LogP contribution is 2.32. The fraction of sp³-hybridized carbons (Fsp3) is 0.333. The summed E-state index contributed by atoms with van der Waals surface area (Å²) in [5, 5.41) is 0. The average Bonchev–Trinajstić information content (AvgIpc) is 2.40. The van der Waals surface area contributed by atoms with E-state index in [2.05, 4.69) is 52.0 Å². The van der Waals surface area contributed by atoms with Crippen molar-refractivity contribution in [2.75, 3.05) is 11.5 Å². The van der Waals surface area contributed by atoms with E-state index in [4.69, 9.17) is 11.5 Å². The first-order valence-electron chi connectivity index (χ1n) is 7.13. The zero-order valence-electron chi connectivity index (χ0n) is 13.0. The van der Waals surface area contributed by atoms with E-state index in [1.54, 1.807) is 0 Å². The third-order valence-corrected chi connectivity index (χ3v) is 3.26. The molecule has 2 aromatic rings. The van der Waals surface area contributed by atoms with Crippen LogP contribution in [0.1, 0.15) is 45.2 Å². The number of benzene rings is 2. The van der Waals surface area contributed by atoms with Gasteiger partial charge in [0.05, 0.1) is 0 Å². The number of nitrogens with two attached hydrogens (primary N) is 2. The van der Waals surface area contributed by atoms with Crippen molar-refractivity contribution in [3.05, 3.63) is 59.7 Å².